The molecule has 0 aliphatic carbocycles. The van der Waals surface area contributed by atoms with Gasteiger partial charge in [-0.2, -0.15) is 0 Å². The van der Waals surface area contributed by atoms with Gasteiger partial charge in [-0.3, -0.25) is 19.3 Å². The Labute approximate surface area is 186 Å². The van der Waals surface area contributed by atoms with Crippen molar-refractivity contribution in [3.8, 4) is 5.69 Å². The molecule has 0 radical (unpaired) electrons. The largest absolute Gasteiger partial charge is 0.269 e. The Morgan fingerprint density at radius 3 is 2.44 bits per heavy atom. The molecule has 0 saturated carbocycles. The van der Waals surface area contributed by atoms with Crippen molar-refractivity contribution in [3.05, 3.63) is 104 Å². The van der Waals surface area contributed by atoms with Gasteiger partial charge >= 0.3 is 0 Å². The molecule has 3 aromatic carbocycles. The van der Waals surface area contributed by atoms with Gasteiger partial charge in [0.25, 0.3) is 11.2 Å². The first-order valence-electron chi connectivity index (χ1n) is 9.85. The Morgan fingerprint density at radius 1 is 0.969 bits per heavy atom. The summed E-state index contributed by atoms with van der Waals surface area (Å²) in [5, 5.41) is 20.8. The Morgan fingerprint density at radius 2 is 1.69 bits per heavy atom. The number of nitrogens with zero attached hydrogens (tertiary/aromatic N) is 5. The first-order valence-corrected chi connectivity index (χ1v) is 10.8. The Balaban J connectivity index is 1.65. The lowest BCUT2D eigenvalue weighted by Gasteiger charge is -2.13. The Kier molecular flexibility index (Phi) is 4.95. The van der Waals surface area contributed by atoms with Crippen molar-refractivity contribution in [1.82, 2.24) is 19.2 Å². The van der Waals surface area contributed by atoms with Gasteiger partial charge in [-0.15, -0.1) is 10.2 Å². The van der Waals surface area contributed by atoms with Crippen LogP contribution in [-0.2, 0) is 5.75 Å². The molecule has 5 rings (SSSR count). The monoisotopic (exact) mass is 443 g/mol. The second-order valence-electron chi connectivity index (χ2n) is 7.27. The smallest absolute Gasteiger partial charge is 0.268 e. The van der Waals surface area contributed by atoms with Crippen molar-refractivity contribution in [2.24, 2.45) is 0 Å². The van der Waals surface area contributed by atoms with Crippen LogP contribution in [0.4, 0.5) is 5.69 Å². The number of rotatable bonds is 5. The summed E-state index contributed by atoms with van der Waals surface area (Å²) >= 11 is 1.46. The number of aryl methyl sites for hydroxylation is 1. The van der Waals surface area contributed by atoms with Gasteiger partial charge in [-0.05, 0) is 36.2 Å². The molecule has 0 aliphatic heterocycles. The molecule has 0 saturated heterocycles. The van der Waals surface area contributed by atoms with Gasteiger partial charge in [0.05, 0.1) is 21.5 Å². The SMILES string of the molecule is Cc1ccccc1-n1c(=O)c2ccccc2n2c(SCc3ccc([N+](=O)[O-])cc3)nnc12. The van der Waals surface area contributed by atoms with E-state index in [1.54, 1.807) is 22.8 Å². The summed E-state index contributed by atoms with van der Waals surface area (Å²) in [4.78, 5) is 23.9. The van der Waals surface area contributed by atoms with Crippen molar-refractivity contribution >= 4 is 34.1 Å². The van der Waals surface area contributed by atoms with Crippen LogP contribution in [0.5, 0.6) is 0 Å². The fourth-order valence-electron chi connectivity index (χ4n) is 3.67. The van der Waals surface area contributed by atoms with Gasteiger partial charge in [-0.1, -0.05) is 54.2 Å². The highest BCUT2D eigenvalue weighted by molar-refractivity contribution is 7.98. The first-order chi connectivity index (χ1) is 15.5. The zero-order chi connectivity index (χ0) is 22.2. The molecule has 0 unspecified atom stereocenters. The number of aromatic nitrogens is 4. The van der Waals surface area contributed by atoms with E-state index in [0.717, 1.165) is 22.3 Å². The molecule has 0 amide bonds. The lowest BCUT2D eigenvalue weighted by Crippen LogP contribution is -2.22. The minimum Gasteiger partial charge on any atom is -0.268 e. The highest BCUT2D eigenvalue weighted by Gasteiger charge is 2.18. The number of fused-ring (bicyclic) bond motifs is 3. The van der Waals surface area contributed by atoms with E-state index in [9.17, 15) is 14.9 Å². The van der Waals surface area contributed by atoms with Crippen LogP contribution in [-0.4, -0.2) is 24.1 Å². The minimum absolute atomic E-state index is 0.0555. The average Bonchev–Trinajstić information content (AvgIpc) is 3.23. The topological polar surface area (TPSA) is 95.3 Å². The molecule has 0 aliphatic rings. The third-order valence-corrected chi connectivity index (χ3v) is 6.27. The maximum atomic E-state index is 13.4. The van der Waals surface area contributed by atoms with Gasteiger partial charge in [0.15, 0.2) is 5.16 Å². The van der Waals surface area contributed by atoms with E-state index < -0.39 is 4.92 Å². The number of hydrogen-bond acceptors (Lipinski definition) is 6. The molecule has 158 valence electrons. The zero-order valence-corrected chi connectivity index (χ0v) is 17.8. The summed E-state index contributed by atoms with van der Waals surface area (Å²) in [7, 11) is 0. The molecule has 0 spiro atoms. The van der Waals surface area contributed by atoms with E-state index in [4.69, 9.17) is 0 Å². The number of thioether (sulfide) groups is 1. The lowest BCUT2D eigenvalue weighted by atomic mass is 10.2. The quantitative estimate of drug-likeness (QED) is 0.225. The van der Waals surface area contributed by atoms with Crippen LogP contribution in [0.3, 0.4) is 0 Å². The zero-order valence-electron chi connectivity index (χ0n) is 17.0. The summed E-state index contributed by atoms with van der Waals surface area (Å²) in [6, 6.07) is 21.5. The maximum absolute atomic E-state index is 13.4. The van der Waals surface area contributed by atoms with E-state index in [0.29, 0.717) is 22.1 Å². The second kappa shape index (κ2) is 7.93. The predicted octanol–water partition coefficient (Wildman–Crippen LogP) is 4.54. The number of hydrogen-bond donors (Lipinski definition) is 0. The van der Waals surface area contributed by atoms with Gasteiger partial charge in [-0.25, -0.2) is 4.57 Å². The Hall–Kier alpha value is -3.98. The molecular formula is C23H17N5O3S. The third kappa shape index (κ3) is 3.32. The molecule has 0 N–H and O–H groups in total. The van der Waals surface area contributed by atoms with Crippen LogP contribution < -0.4 is 5.56 Å². The normalized spacial score (nSPS) is 11.3. The second-order valence-corrected chi connectivity index (χ2v) is 8.22. The van der Waals surface area contributed by atoms with Gasteiger partial charge in [0, 0.05) is 17.9 Å². The average molecular weight is 443 g/mol. The highest BCUT2D eigenvalue weighted by Crippen LogP contribution is 2.27. The van der Waals surface area contributed by atoms with Crippen LogP contribution in [0.15, 0.2) is 82.7 Å². The lowest BCUT2D eigenvalue weighted by molar-refractivity contribution is -0.384. The van der Waals surface area contributed by atoms with E-state index in [-0.39, 0.29) is 11.2 Å². The molecule has 2 heterocycles. The first kappa shape index (κ1) is 20.0. The van der Waals surface area contributed by atoms with E-state index in [1.807, 2.05) is 53.8 Å². The van der Waals surface area contributed by atoms with Gasteiger partial charge in [0.1, 0.15) is 0 Å². The molecule has 2 aromatic heterocycles. The Bertz CT molecular complexity index is 1540. The van der Waals surface area contributed by atoms with Crippen molar-refractivity contribution < 1.29 is 4.92 Å². The standard InChI is InChI=1S/C23H17N5O3S/c1-15-6-2-4-8-19(15)26-21(29)18-7-3-5-9-20(18)27-22(26)24-25-23(27)32-14-16-10-12-17(13-11-16)28(30)31/h2-13H,14H2,1H3. The molecule has 8 nitrogen and oxygen atoms in total. The van der Waals surface area contributed by atoms with E-state index in [1.165, 1.54) is 23.9 Å². The van der Waals surface area contributed by atoms with E-state index in [2.05, 4.69) is 10.2 Å². The van der Waals surface area contributed by atoms with Crippen molar-refractivity contribution in [1.29, 1.82) is 0 Å². The summed E-state index contributed by atoms with van der Waals surface area (Å²) in [6.07, 6.45) is 0. The molecule has 9 heteroatoms. The molecule has 0 fully saturated rings. The number of nitro groups is 1. The molecule has 0 bridgehead atoms. The van der Waals surface area contributed by atoms with Gasteiger partial charge in [0.2, 0.25) is 5.78 Å². The predicted molar refractivity (Wildman–Crippen MR) is 123 cm³/mol. The number of non-ortho nitro benzene ring substituents is 1. The maximum Gasteiger partial charge on any atom is 0.269 e. The van der Waals surface area contributed by atoms with Crippen LogP contribution in [0.1, 0.15) is 11.1 Å². The molecule has 32 heavy (non-hydrogen) atoms. The molecular weight excluding hydrogens is 426 g/mol. The number of para-hydroxylation sites is 2. The highest BCUT2D eigenvalue weighted by atomic mass is 32.2. The summed E-state index contributed by atoms with van der Waals surface area (Å²) < 4.78 is 3.49. The summed E-state index contributed by atoms with van der Waals surface area (Å²) in [6.45, 7) is 1.95. The minimum atomic E-state index is -0.417. The summed E-state index contributed by atoms with van der Waals surface area (Å²) in [5.41, 5.74) is 3.27. The fourth-order valence-corrected chi connectivity index (χ4v) is 4.56. The summed E-state index contributed by atoms with van der Waals surface area (Å²) in [5.74, 6) is 0.991. The van der Waals surface area contributed by atoms with Gasteiger partial charge < -0.3 is 0 Å². The number of benzene rings is 3. The van der Waals surface area contributed by atoms with Crippen LogP contribution in [0.25, 0.3) is 22.4 Å². The van der Waals surface area contributed by atoms with Crippen molar-refractivity contribution in [3.63, 3.8) is 0 Å². The molecule has 0 atom stereocenters. The van der Waals surface area contributed by atoms with Crippen LogP contribution in [0, 0.1) is 17.0 Å². The fraction of sp³-hybridized carbons (Fsp3) is 0.0870. The van der Waals surface area contributed by atoms with Crippen molar-refractivity contribution in [2.75, 3.05) is 0 Å². The van der Waals surface area contributed by atoms with Crippen molar-refractivity contribution in [2.45, 2.75) is 17.8 Å². The molecule has 5 aromatic rings. The third-order valence-electron chi connectivity index (χ3n) is 5.27. The number of nitro benzene ring substituents is 1. The van der Waals surface area contributed by atoms with E-state index >= 15 is 0 Å². The van der Waals surface area contributed by atoms with Crippen LogP contribution in [0.2, 0.25) is 0 Å². The van der Waals surface area contributed by atoms with Crippen LogP contribution >= 0.6 is 11.8 Å².